The van der Waals surface area contributed by atoms with Crippen LogP contribution in [-0.4, -0.2) is 25.9 Å². The van der Waals surface area contributed by atoms with Gasteiger partial charge in [-0.3, -0.25) is 0 Å². The number of ether oxygens (including phenoxy) is 2. The molecule has 2 rings (SSSR count). The highest BCUT2D eigenvalue weighted by Crippen LogP contribution is 2.23. The van der Waals surface area contributed by atoms with Crippen LogP contribution in [0.5, 0.6) is 5.75 Å². The van der Waals surface area contributed by atoms with Crippen molar-refractivity contribution in [2.24, 2.45) is 0 Å². The van der Waals surface area contributed by atoms with Crippen molar-refractivity contribution in [3.8, 4) is 18.1 Å². The van der Waals surface area contributed by atoms with Gasteiger partial charge in [-0.1, -0.05) is 21.9 Å². The van der Waals surface area contributed by atoms with Gasteiger partial charge in [0.1, 0.15) is 12.4 Å². The minimum atomic E-state index is 0.298. The van der Waals surface area contributed by atoms with Gasteiger partial charge in [0.05, 0.1) is 0 Å². The molecule has 1 heterocycles. The van der Waals surface area contributed by atoms with Crippen LogP contribution in [0.25, 0.3) is 0 Å². The van der Waals surface area contributed by atoms with Gasteiger partial charge in [0.15, 0.2) is 0 Å². The van der Waals surface area contributed by atoms with Gasteiger partial charge in [0, 0.05) is 35.8 Å². The van der Waals surface area contributed by atoms with Gasteiger partial charge in [0.25, 0.3) is 0 Å². The molecule has 0 radical (unpaired) electrons. The average molecular weight is 324 g/mol. The second-order valence-corrected chi connectivity index (χ2v) is 5.43. The molecule has 4 heteroatoms. The molecule has 102 valence electrons. The van der Waals surface area contributed by atoms with Crippen molar-refractivity contribution in [3.05, 3.63) is 28.2 Å². The zero-order valence-corrected chi connectivity index (χ0v) is 12.4. The zero-order chi connectivity index (χ0) is 13.5. The fraction of sp³-hybridized carbons (Fsp3) is 0.467. The van der Waals surface area contributed by atoms with E-state index in [0.29, 0.717) is 12.6 Å². The van der Waals surface area contributed by atoms with Crippen molar-refractivity contribution < 1.29 is 9.47 Å². The minimum absolute atomic E-state index is 0.298. The number of hydrogen-bond acceptors (Lipinski definition) is 3. The maximum Gasteiger partial charge on any atom is 0.148 e. The number of rotatable bonds is 5. The van der Waals surface area contributed by atoms with Crippen molar-refractivity contribution in [2.75, 3.05) is 19.8 Å². The van der Waals surface area contributed by atoms with Crippen LogP contribution in [0.2, 0.25) is 0 Å². The standard InChI is InChI=1S/C15H18BrNO2/c1-2-7-19-15-4-3-13(16)10-12(15)11-17-14-5-8-18-9-6-14/h1,3-4,10,14,17H,5-9,11H2. The average Bonchev–Trinajstić information content (AvgIpc) is 2.45. The van der Waals surface area contributed by atoms with Crippen LogP contribution in [0, 0.1) is 12.3 Å². The predicted octanol–water partition coefficient (Wildman–Crippen LogP) is 2.73. The van der Waals surface area contributed by atoms with Gasteiger partial charge in [-0.2, -0.15) is 0 Å². The lowest BCUT2D eigenvalue weighted by atomic mass is 10.1. The quantitative estimate of drug-likeness (QED) is 0.845. The molecule has 0 atom stereocenters. The fourth-order valence-corrected chi connectivity index (χ4v) is 2.51. The highest BCUT2D eigenvalue weighted by molar-refractivity contribution is 9.10. The van der Waals surface area contributed by atoms with Crippen LogP contribution in [-0.2, 0) is 11.3 Å². The third-order valence-corrected chi connectivity index (χ3v) is 3.63. The summed E-state index contributed by atoms with van der Waals surface area (Å²) in [5.74, 6) is 3.34. The van der Waals surface area contributed by atoms with E-state index in [1.807, 2.05) is 12.1 Å². The molecule has 19 heavy (non-hydrogen) atoms. The van der Waals surface area contributed by atoms with Gasteiger partial charge in [-0.15, -0.1) is 6.42 Å². The van der Waals surface area contributed by atoms with Crippen LogP contribution in [0.1, 0.15) is 18.4 Å². The summed E-state index contributed by atoms with van der Waals surface area (Å²) in [6.45, 7) is 2.77. The molecule has 1 fully saturated rings. The smallest absolute Gasteiger partial charge is 0.148 e. The summed E-state index contributed by atoms with van der Waals surface area (Å²) in [5.41, 5.74) is 1.12. The van der Waals surface area contributed by atoms with Crippen molar-refractivity contribution >= 4 is 15.9 Å². The Hall–Kier alpha value is -1.02. The summed E-state index contributed by atoms with van der Waals surface area (Å²) < 4.78 is 12.0. The Kier molecular flexibility index (Phi) is 5.71. The van der Waals surface area contributed by atoms with E-state index in [4.69, 9.17) is 15.9 Å². The van der Waals surface area contributed by atoms with Gasteiger partial charge in [-0.05, 0) is 31.0 Å². The molecule has 1 aromatic rings. The molecule has 1 aliphatic rings. The van der Waals surface area contributed by atoms with E-state index in [-0.39, 0.29) is 0 Å². The maximum absolute atomic E-state index is 5.56. The molecule has 0 aromatic heterocycles. The van der Waals surface area contributed by atoms with Crippen molar-refractivity contribution in [1.82, 2.24) is 5.32 Å². The number of benzene rings is 1. The summed E-state index contributed by atoms with van der Waals surface area (Å²) >= 11 is 3.49. The maximum atomic E-state index is 5.56. The summed E-state index contributed by atoms with van der Waals surface area (Å²) in [5, 5.41) is 3.55. The number of halogens is 1. The summed E-state index contributed by atoms with van der Waals surface area (Å²) in [6.07, 6.45) is 7.36. The van der Waals surface area contributed by atoms with E-state index in [9.17, 15) is 0 Å². The topological polar surface area (TPSA) is 30.5 Å². The highest BCUT2D eigenvalue weighted by atomic mass is 79.9. The lowest BCUT2D eigenvalue weighted by molar-refractivity contribution is 0.0775. The monoisotopic (exact) mass is 323 g/mol. The van der Waals surface area contributed by atoms with Crippen LogP contribution >= 0.6 is 15.9 Å². The molecule has 0 aliphatic carbocycles. The lowest BCUT2D eigenvalue weighted by Crippen LogP contribution is -2.34. The van der Waals surface area contributed by atoms with E-state index < -0.39 is 0 Å². The molecule has 1 saturated heterocycles. The third-order valence-electron chi connectivity index (χ3n) is 3.14. The molecule has 0 amide bonds. The van der Waals surface area contributed by atoms with E-state index in [1.165, 1.54) is 0 Å². The molecular formula is C15H18BrNO2. The number of hydrogen-bond donors (Lipinski definition) is 1. The van der Waals surface area contributed by atoms with Crippen LogP contribution in [0.15, 0.2) is 22.7 Å². The zero-order valence-electron chi connectivity index (χ0n) is 10.8. The second-order valence-electron chi connectivity index (χ2n) is 4.51. The number of terminal acetylenes is 1. The Morgan fingerprint density at radius 1 is 1.42 bits per heavy atom. The molecular weight excluding hydrogens is 306 g/mol. The fourth-order valence-electron chi connectivity index (χ4n) is 2.10. The molecule has 1 aromatic carbocycles. The summed E-state index contributed by atoms with van der Waals surface area (Å²) in [4.78, 5) is 0. The molecule has 0 bridgehead atoms. The van der Waals surface area contributed by atoms with Gasteiger partial charge >= 0.3 is 0 Å². The first-order valence-electron chi connectivity index (χ1n) is 6.45. The minimum Gasteiger partial charge on any atom is -0.481 e. The molecule has 0 unspecified atom stereocenters. The van der Waals surface area contributed by atoms with Gasteiger partial charge in [0.2, 0.25) is 0 Å². The number of nitrogens with one attached hydrogen (secondary N) is 1. The van der Waals surface area contributed by atoms with Crippen molar-refractivity contribution in [2.45, 2.75) is 25.4 Å². The van der Waals surface area contributed by atoms with Crippen LogP contribution in [0.4, 0.5) is 0 Å². The Morgan fingerprint density at radius 3 is 2.95 bits per heavy atom. The first kappa shape index (κ1) is 14.4. The first-order valence-corrected chi connectivity index (χ1v) is 7.24. The largest absolute Gasteiger partial charge is 0.481 e. The van der Waals surface area contributed by atoms with E-state index >= 15 is 0 Å². The summed E-state index contributed by atoms with van der Waals surface area (Å²) in [7, 11) is 0. The Bertz CT molecular complexity index is 450. The van der Waals surface area contributed by atoms with Gasteiger partial charge in [-0.25, -0.2) is 0 Å². The molecule has 1 aliphatic heterocycles. The second kappa shape index (κ2) is 7.54. The normalized spacial score (nSPS) is 16.0. The lowest BCUT2D eigenvalue weighted by Gasteiger charge is -2.23. The van der Waals surface area contributed by atoms with Gasteiger partial charge < -0.3 is 14.8 Å². The van der Waals surface area contributed by atoms with Crippen LogP contribution < -0.4 is 10.1 Å². The Balaban J connectivity index is 1.96. The Morgan fingerprint density at radius 2 is 2.21 bits per heavy atom. The van der Waals surface area contributed by atoms with E-state index in [2.05, 4.69) is 33.2 Å². The Labute approximate surface area is 122 Å². The predicted molar refractivity (Wildman–Crippen MR) is 79.2 cm³/mol. The van der Waals surface area contributed by atoms with Crippen molar-refractivity contribution in [3.63, 3.8) is 0 Å². The highest BCUT2D eigenvalue weighted by Gasteiger charge is 2.14. The third kappa shape index (κ3) is 4.54. The van der Waals surface area contributed by atoms with Crippen molar-refractivity contribution in [1.29, 1.82) is 0 Å². The molecule has 1 N–H and O–H groups in total. The molecule has 3 nitrogen and oxygen atoms in total. The first-order chi connectivity index (χ1) is 9.29. The van der Waals surface area contributed by atoms with E-state index in [1.54, 1.807) is 0 Å². The SMILES string of the molecule is C#CCOc1ccc(Br)cc1CNC1CCOCC1. The van der Waals surface area contributed by atoms with Crippen LogP contribution in [0.3, 0.4) is 0 Å². The molecule has 0 saturated carbocycles. The summed E-state index contributed by atoms with van der Waals surface area (Å²) in [6, 6.07) is 6.50. The van der Waals surface area contributed by atoms with E-state index in [0.717, 1.165) is 48.4 Å². The molecule has 0 spiro atoms.